The van der Waals surface area contributed by atoms with Crippen LogP contribution in [0.5, 0.6) is 0 Å². The van der Waals surface area contributed by atoms with Gasteiger partial charge in [-0.05, 0) is 62.4 Å². The van der Waals surface area contributed by atoms with Crippen LogP contribution in [0.3, 0.4) is 0 Å². The van der Waals surface area contributed by atoms with Crippen molar-refractivity contribution < 1.29 is 0 Å². The molecule has 1 aliphatic rings. The van der Waals surface area contributed by atoms with E-state index in [9.17, 15) is 0 Å². The van der Waals surface area contributed by atoms with Crippen LogP contribution in [0.25, 0.3) is 0 Å². The monoisotopic (exact) mass is 254 g/mol. The fourth-order valence-electron chi connectivity index (χ4n) is 3.49. The molecule has 2 heteroatoms. The minimum atomic E-state index is 0.619. The molecular weight excluding hydrogens is 220 g/mol. The van der Waals surface area contributed by atoms with Crippen LogP contribution in [0, 0.1) is 17.3 Å². The van der Waals surface area contributed by atoms with E-state index in [1.54, 1.807) is 0 Å². The highest BCUT2D eigenvalue weighted by Gasteiger charge is 2.33. The Balaban J connectivity index is 2.18. The second-order valence-corrected chi connectivity index (χ2v) is 6.96. The molecule has 1 rings (SSSR count). The summed E-state index contributed by atoms with van der Waals surface area (Å²) in [5.74, 6) is 1.52. The van der Waals surface area contributed by atoms with E-state index in [2.05, 4.69) is 26.1 Å². The molecule has 0 amide bonds. The van der Waals surface area contributed by atoms with E-state index in [-0.39, 0.29) is 0 Å². The van der Waals surface area contributed by atoms with Crippen LogP contribution in [0.15, 0.2) is 0 Å². The Hall–Kier alpha value is -0.0800. The average Bonchev–Trinajstić information content (AvgIpc) is 2.76. The van der Waals surface area contributed by atoms with E-state index in [4.69, 9.17) is 5.73 Å². The first kappa shape index (κ1) is 16.0. The topological polar surface area (TPSA) is 38.0 Å². The fourth-order valence-corrected chi connectivity index (χ4v) is 3.49. The first-order valence-electron chi connectivity index (χ1n) is 7.99. The van der Waals surface area contributed by atoms with Crippen LogP contribution < -0.4 is 11.1 Å². The third-order valence-corrected chi connectivity index (χ3v) is 4.46. The SMILES string of the molecule is CC(C)CC1(CNCCCC(C)CN)CCCC1. The first-order valence-corrected chi connectivity index (χ1v) is 7.99. The van der Waals surface area contributed by atoms with Crippen LogP contribution >= 0.6 is 0 Å². The average molecular weight is 254 g/mol. The zero-order valence-electron chi connectivity index (χ0n) is 12.8. The summed E-state index contributed by atoms with van der Waals surface area (Å²) in [7, 11) is 0. The maximum atomic E-state index is 5.64. The van der Waals surface area contributed by atoms with Crippen molar-refractivity contribution in [3.8, 4) is 0 Å². The molecule has 1 fully saturated rings. The molecule has 1 atom stereocenters. The van der Waals surface area contributed by atoms with Crippen LogP contribution in [-0.2, 0) is 0 Å². The van der Waals surface area contributed by atoms with Gasteiger partial charge in [0.15, 0.2) is 0 Å². The van der Waals surface area contributed by atoms with Crippen molar-refractivity contribution in [2.24, 2.45) is 23.0 Å². The van der Waals surface area contributed by atoms with Gasteiger partial charge in [-0.15, -0.1) is 0 Å². The van der Waals surface area contributed by atoms with Crippen molar-refractivity contribution in [2.45, 2.75) is 65.7 Å². The molecule has 1 saturated carbocycles. The van der Waals surface area contributed by atoms with Gasteiger partial charge in [0, 0.05) is 6.54 Å². The largest absolute Gasteiger partial charge is 0.330 e. The normalized spacial score (nSPS) is 20.5. The molecule has 18 heavy (non-hydrogen) atoms. The van der Waals surface area contributed by atoms with Gasteiger partial charge in [-0.25, -0.2) is 0 Å². The smallest absolute Gasteiger partial charge is 0.000790 e. The van der Waals surface area contributed by atoms with Gasteiger partial charge in [0.25, 0.3) is 0 Å². The number of rotatable bonds is 9. The molecule has 0 saturated heterocycles. The van der Waals surface area contributed by atoms with Gasteiger partial charge < -0.3 is 11.1 Å². The molecular formula is C16H34N2. The lowest BCUT2D eigenvalue weighted by Crippen LogP contribution is -2.34. The lowest BCUT2D eigenvalue weighted by Gasteiger charge is -2.31. The Morgan fingerprint density at radius 1 is 1.17 bits per heavy atom. The zero-order valence-corrected chi connectivity index (χ0v) is 12.8. The fraction of sp³-hybridized carbons (Fsp3) is 1.00. The summed E-state index contributed by atoms with van der Waals surface area (Å²) < 4.78 is 0. The predicted molar refractivity (Wildman–Crippen MR) is 80.7 cm³/mol. The van der Waals surface area contributed by atoms with Crippen molar-refractivity contribution in [3.05, 3.63) is 0 Å². The van der Waals surface area contributed by atoms with E-state index in [1.807, 2.05) is 0 Å². The van der Waals surface area contributed by atoms with E-state index in [0.29, 0.717) is 11.3 Å². The Bertz CT molecular complexity index is 207. The molecule has 1 aliphatic carbocycles. The number of hydrogen-bond acceptors (Lipinski definition) is 2. The van der Waals surface area contributed by atoms with E-state index in [1.165, 1.54) is 58.0 Å². The first-order chi connectivity index (χ1) is 8.58. The molecule has 0 radical (unpaired) electrons. The maximum absolute atomic E-state index is 5.64. The molecule has 108 valence electrons. The molecule has 0 aromatic rings. The van der Waals surface area contributed by atoms with Crippen molar-refractivity contribution in [3.63, 3.8) is 0 Å². The second-order valence-electron chi connectivity index (χ2n) is 6.96. The van der Waals surface area contributed by atoms with Crippen LogP contribution in [0.2, 0.25) is 0 Å². The van der Waals surface area contributed by atoms with Crippen LogP contribution in [-0.4, -0.2) is 19.6 Å². The molecule has 0 heterocycles. The lowest BCUT2D eigenvalue weighted by molar-refractivity contribution is 0.223. The summed E-state index contributed by atoms with van der Waals surface area (Å²) in [6.07, 6.45) is 9.71. The van der Waals surface area contributed by atoms with Gasteiger partial charge in [0.05, 0.1) is 0 Å². The molecule has 0 bridgehead atoms. The third-order valence-electron chi connectivity index (χ3n) is 4.46. The maximum Gasteiger partial charge on any atom is 0.000790 e. The quantitative estimate of drug-likeness (QED) is 0.617. The number of nitrogens with one attached hydrogen (secondary N) is 1. The van der Waals surface area contributed by atoms with Crippen molar-refractivity contribution >= 4 is 0 Å². The highest BCUT2D eigenvalue weighted by atomic mass is 14.9. The molecule has 0 aromatic carbocycles. The summed E-state index contributed by atoms with van der Waals surface area (Å²) in [5, 5.41) is 3.71. The number of hydrogen-bond donors (Lipinski definition) is 2. The summed E-state index contributed by atoms with van der Waals surface area (Å²) >= 11 is 0. The Morgan fingerprint density at radius 3 is 2.39 bits per heavy atom. The van der Waals surface area contributed by atoms with Gasteiger partial charge in [-0.2, -0.15) is 0 Å². The zero-order chi connectivity index (χ0) is 13.4. The molecule has 0 aromatic heterocycles. The Morgan fingerprint density at radius 2 is 1.83 bits per heavy atom. The Labute approximate surface area is 114 Å². The van der Waals surface area contributed by atoms with E-state index >= 15 is 0 Å². The summed E-state index contributed by atoms with van der Waals surface area (Å²) in [6, 6.07) is 0. The third kappa shape index (κ3) is 5.71. The lowest BCUT2D eigenvalue weighted by atomic mass is 9.78. The van der Waals surface area contributed by atoms with Crippen LogP contribution in [0.1, 0.15) is 65.7 Å². The van der Waals surface area contributed by atoms with Gasteiger partial charge in [-0.3, -0.25) is 0 Å². The van der Waals surface area contributed by atoms with Crippen LogP contribution in [0.4, 0.5) is 0 Å². The standard InChI is InChI=1S/C16H34N2/c1-14(2)11-16(8-4-5-9-16)13-18-10-6-7-15(3)12-17/h14-15,18H,4-13,17H2,1-3H3. The predicted octanol–water partition coefficient (Wildman–Crippen LogP) is 3.56. The summed E-state index contributed by atoms with van der Waals surface area (Å²) in [6.45, 7) is 10.2. The summed E-state index contributed by atoms with van der Waals surface area (Å²) in [4.78, 5) is 0. The molecule has 3 N–H and O–H groups in total. The molecule has 2 nitrogen and oxygen atoms in total. The molecule has 0 aliphatic heterocycles. The minimum Gasteiger partial charge on any atom is -0.330 e. The minimum absolute atomic E-state index is 0.619. The van der Waals surface area contributed by atoms with Gasteiger partial charge >= 0.3 is 0 Å². The van der Waals surface area contributed by atoms with Crippen molar-refractivity contribution in [2.75, 3.05) is 19.6 Å². The number of nitrogens with two attached hydrogens (primary N) is 1. The summed E-state index contributed by atoms with van der Waals surface area (Å²) in [5.41, 5.74) is 6.26. The highest BCUT2D eigenvalue weighted by Crippen LogP contribution is 2.42. The van der Waals surface area contributed by atoms with Gasteiger partial charge in [0.1, 0.15) is 0 Å². The van der Waals surface area contributed by atoms with Gasteiger partial charge in [0.2, 0.25) is 0 Å². The van der Waals surface area contributed by atoms with Crippen molar-refractivity contribution in [1.29, 1.82) is 0 Å². The molecule has 0 spiro atoms. The van der Waals surface area contributed by atoms with Gasteiger partial charge in [-0.1, -0.05) is 33.6 Å². The Kier molecular flexibility index (Phi) is 7.25. The highest BCUT2D eigenvalue weighted by molar-refractivity contribution is 4.87. The second kappa shape index (κ2) is 8.16. The van der Waals surface area contributed by atoms with E-state index < -0.39 is 0 Å². The molecule has 1 unspecified atom stereocenters. The van der Waals surface area contributed by atoms with E-state index in [0.717, 1.165) is 12.5 Å². The van der Waals surface area contributed by atoms with Crippen molar-refractivity contribution in [1.82, 2.24) is 5.32 Å².